The molecule has 192 valence electrons. The average Bonchev–Trinajstić information content (AvgIpc) is 2.88. The number of nitrogen functional groups attached to an aromatic ring is 1. The third-order valence-corrected chi connectivity index (χ3v) is 7.43. The van der Waals surface area contributed by atoms with Crippen molar-refractivity contribution in [3.63, 3.8) is 0 Å². The van der Waals surface area contributed by atoms with Crippen molar-refractivity contribution in [1.82, 2.24) is 9.97 Å². The molecule has 3 aromatic carbocycles. The summed E-state index contributed by atoms with van der Waals surface area (Å²) in [5, 5.41) is 0.833. The molecule has 0 aliphatic heterocycles. The fourth-order valence-corrected chi connectivity index (χ4v) is 5.34. The second-order valence-corrected chi connectivity index (χ2v) is 10.3. The van der Waals surface area contributed by atoms with Crippen LogP contribution in [0.1, 0.15) is 5.56 Å². The number of benzene rings is 3. The van der Waals surface area contributed by atoms with Crippen LogP contribution in [0.4, 0.5) is 20.3 Å². The van der Waals surface area contributed by atoms with E-state index in [1.807, 2.05) is 55.5 Å². The van der Waals surface area contributed by atoms with E-state index < -0.39 is 26.6 Å². The van der Waals surface area contributed by atoms with Crippen molar-refractivity contribution in [2.75, 3.05) is 17.6 Å². The zero-order valence-electron chi connectivity index (χ0n) is 20.4. The zero-order chi connectivity index (χ0) is 27.0. The SMILES string of the molecule is COc1ncc(-c2cc(C)c3nc(N)c(-c4ccccc4)cc3c2)cc1NS(=O)(=O)c1ccc(F)cc1F. The summed E-state index contributed by atoms with van der Waals surface area (Å²) in [5.41, 5.74) is 10.9. The molecule has 5 aromatic rings. The number of aromatic nitrogens is 2. The van der Waals surface area contributed by atoms with Crippen LogP contribution in [0.3, 0.4) is 0 Å². The number of hydrogen-bond donors (Lipinski definition) is 2. The van der Waals surface area contributed by atoms with Crippen molar-refractivity contribution in [2.24, 2.45) is 0 Å². The number of nitrogens with zero attached hydrogens (tertiary/aromatic N) is 2. The van der Waals surface area contributed by atoms with E-state index in [1.54, 1.807) is 6.20 Å². The van der Waals surface area contributed by atoms with Gasteiger partial charge in [-0.25, -0.2) is 27.2 Å². The monoisotopic (exact) mass is 532 g/mol. The van der Waals surface area contributed by atoms with Gasteiger partial charge < -0.3 is 10.5 Å². The number of sulfonamides is 1. The molecular formula is C28H22F2N4O3S. The van der Waals surface area contributed by atoms with Crippen LogP contribution >= 0.6 is 0 Å². The molecule has 0 radical (unpaired) electrons. The van der Waals surface area contributed by atoms with Gasteiger partial charge in [-0.05, 0) is 60.0 Å². The number of fused-ring (bicyclic) bond motifs is 1. The molecule has 5 rings (SSSR count). The Morgan fingerprint density at radius 1 is 0.921 bits per heavy atom. The molecule has 0 saturated carbocycles. The van der Waals surface area contributed by atoms with E-state index in [0.29, 0.717) is 17.4 Å². The molecule has 0 saturated heterocycles. The van der Waals surface area contributed by atoms with Crippen molar-refractivity contribution in [2.45, 2.75) is 11.8 Å². The number of methoxy groups -OCH3 is 1. The molecule has 2 heterocycles. The van der Waals surface area contributed by atoms with Crippen LogP contribution in [0.25, 0.3) is 33.2 Å². The molecule has 3 N–H and O–H groups in total. The minimum absolute atomic E-state index is 0.00752. The minimum Gasteiger partial charge on any atom is -0.480 e. The first-order valence-electron chi connectivity index (χ1n) is 11.4. The van der Waals surface area contributed by atoms with Gasteiger partial charge in [-0.1, -0.05) is 30.3 Å². The summed E-state index contributed by atoms with van der Waals surface area (Å²) in [6.07, 6.45) is 1.54. The molecule has 10 heteroatoms. The molecule has 0 unspecified atom stereocenters. The molecule has 0 aliphatic carbocycles. The Bertz CT molecular complexity index is 1800. The van der Waals surface area contributed by atoms with Crippen LogP contribution in [0.5, 0.6) is 5.88 Å². The maximum absolute atomic E-state index is 14.2. The zero-order valence-corrected chi connectivity index (χ0v) is 21.2. The lowest BCUT2D eigenvalue weighted by atomic mass is 9.98. The van der Waals surface area contributed by atoms with Gasteiger partial charge in [0.1, 0.15) is 28.0 Å². The van der Waals surface area contributed by atoms with Gasteiger partial charge in [-0.3, -0.25) is 4.72 Å². The Labute approximate surface area is 218 Å². The maximum atomic E-state index is 14.2. The van der Waals surface area contributed by atoms with E-state index >= 15 is 0 Å². The van der Waals surface area contributed by atoms with Crippen molar-refractivity contribution in [3.8, 4) is 28.1 Å². The quantitative estimate of drug-likeness (QED) is 0.280. The first kappa shape index (κ1) is 25.1. The summed E-state index contributed by atoms with van der Waals surface area (Å²) in [4.78, 5) is 8.15. The summed E-state index contributed by atoms with van der Waals surface area (Å²) in [5.74, 6) is -1.71. The molecule has 0 fully saturated rings. The lowest BCUT2D eigenvalue weighted by molar-refractivity contribution is 0.400. The van der Waals surface area contributed by atoms with Crippen LogP contribution in [-0.4, -0.2) is 25.5 Å². The van der Waals surface area contributed by atoms with Gasteiger partial charge in [0.05, 0.1) is 12.6 Å². The van der Waals surface area contributed by atoms with Gasteiger partial charge in [0.25, 0.3) is 10.0 Å². The lowest BCUT2D eigenvalue weighted by Gasteiger charge is -2.14. The number of rotatable bonds is 6. The number of hydrogen-bond acceptors (Lipinski definition) is 6. The second-order valence-electron chi connectivity index (χ2n) is 8.61. The Kier molecular flexibility index (Phi) is 6.41. The normalized spacial score (nSPS) is 11.5. The molecule has 0 aliphatic rings. The van der Waals surface area contributed by atoms with Gasteiger partial charge in [-0.15, -0.1) is 0 Å². The molecule has 0 spiro atoms. The second kappa shape index (κ2) is 9.71. The van der Waals surface area contributed by atoms with Crippen LogP contribution in [0.15, 0.2) is 83.9 Å². The number of halogens is 2. The van der Waals surface area contributed by atoms with E-state index in [4.69, 9.17) is 10.5 Å². The van der Waals surface area contributed by atoms with Crippen molar-refractivity contribution in [3.05, 3.63) is 96.2 Å². The summed E-state index contributed by atoms with van der Waals surface area (Å²) in [7, 11) is -3.08. The topological polar surface area (TPSA) is 107 Å². The summed E-state index contributed by atoms with van der Waals surface area (Å²) >= 11 is 0. The predicted octanol–water partition coefficient (Wildman–Crippen LogP) is 5.94. The summed E-state index contributed by atoms with van der Waals surface area (Å²) < 4.78 is 60.9. The Balaban J connectivity index is 1.59. The lowest BCUT2D eigenvalue weighted by Crippen LogP contribution is -2.15. The fourth-order valence-electron chi connectivity index (χ4n) is 4.23. The number of ether oxygens (including phenoxy) is 1. The standard InChI is InChI=1S/C28H22F2N4O3S/c1-16-10-18(11-19-12-22(27(31)33-26(16)19)17-6-4-3-5-7-17)20-13-24(28(37-2)32-15-20)34-38(35,36)25-9-8-21(29)14-23(25)30/h3-15,34H,1-2H3,(H2,31,33). The van der Waals surface area contributed by atoms with Gasteiger partial charge in [0.2, 0.25) is 5.88 Å². The summed E-state index contributed by atoms with van der Waals surface area (Å²) in [6.45, 7) is 1.90. The molecular weight excluding hydrogens is 510 g/mol. The Hall–Kier alpha value is -4.57. The average molecular weight is 533 g/mol. The van der Waals surface area contributed by atoms with Gasteiger partial charge in [0.15, 0.2) is 0 Å². The highest BCUT2D eigenvalue weighted by atomic mass is 32.2. The van der Waals surface area contributed by atoms with Gasteiger partial charge in [-0.2, -0.15) is 0 Å². The number of aryl methyl sites for hydroxylation is 1. The third-order valence-electron chi connectivity index (χ3n) is 6.03. The smallest absolute Gasteiger partial charge is 0.264 e. The fraction of sp³-hybridized carbons (Fsp3) is 0.0714. The molecule has 7 nitrogen and oxygen atoms in total. The van der Waals surface area contributed by atoms with Gasteiger partial charge >= 0.3 is 0 Å². The van der Waals surface area contributed by atoms with Crippen molar-refractivity contribution in [1.29, 1.82) is 0 Å². The number of pyridine rings is 2. The number of nitrogens with one attached hydrogen (secondary N) is 1. The molecule has 0 amide bonds. The van der Waals surface area contributed by atoms with E-state index in [-0.39, 0.29) is 11.6 Å². The predicted molar refractivity (Wildman–Crippen MR) is 143 cm³/mol. The Morgan fingerprint density at radius 3 is 2.39 bits per heavy atom. The number of anilines is 2. The van der Waals surface area contributed by atoms with Crippen LogP contribution in [0, 0.1) is 18.6 Å². The largest absolute Gasteiger partial charge is 0.480 e. The molecule has 2 aromatic heterocycles. The molecule has 0 bridgehead atoms. The highest BCUT2D eigenvalue weighted by molar-refractivity contribution is 7.92. The Morgan fingerprint density at radius 2 is 1.68 bits per heavy atom. The highest BCUT2D eigenvalue weighted by Crippen LogP contribution is 2.35. The van der Waals surface area contributed by atoms with Crippen molar-refractivity contribution >= 4 is 32.4 Å². The van der Waals surface area contributed by atoms with Crippen LogP contribution in [-0.2, 0) is 10.0 Å². The maximum Gasteiger partial charge on any atom is 0.264 e. The van der Waals surface area contributed by atoms with Crippen molar-refractivity contribution < 1.29 is 21.9 Å². The van der Waals surface area contributed by atoms with Gasteiger partial charge in [0, 0.05) is 28.8 Å². The van der Waals surface area contributed by atoms with E-state index in [2.05, 4.69) is 14.7 Å². The first-order valence-corrected chi connectivity index (χ1v) is 12.9. The third kappa shape index (κ3) is 4.73. The molecule has 38 heavy (non-hydrogen) atoms. The molecule has 0 atom stereocenters. The van der Waals surface area contributed by atoms with E-state index in [9.17, 15) is 17.2 Å². The van der Waals surface area contributed by atoms with Crippen LogP contribution in [0.2, 0.25) is 0 Å². The van der Waals surface area contributed by atoms with E-state index in [1.165, 1.54) is 13.2 Å². The summed E-state index contributed by atoms with van der Waals surface area (Å²) in [6, 6.07) is 19.2. The van der Waals surface area contributed by atoms with E-state index in [0.717, 1.165) is 45.3 Å². The number of nitrogens with two attached hydrogens (primary N) is 1. The van der Waals surface area contributed by atoms with Crippen LogP contribution < -0.4 is 15.2 Å². The highest BCUT2D eigenvalue weighted by Gasteiger charge is 2.22. The first-order chi connectivity index (χ1) is 18.2. The minimum atomic E-state index is -4.41.